The van der Waals surface area contributed by atoms with Gasteiger partial charge in [0.15, 0.2) is 5.60 Å². The van der Waals surface area contributed by atoms with Crippen LogP contribution in [0.2, 0.25) is 0 Å². The van der Waals surface area contributed by atoms with Gasteiger partial charge >= 0.3 is 77.1 Å². The number of carbonyl (C=O) groups is 3. The molecule has 7 nitrogen and oxygen atoms in total. The number of aliphatic hydroxyl groups is 1. The second kappa shape index (κ2) is 10.6. The van der Waals surface area contributed by atoms with Gasteiger partial charge in [-0.1, -0.05) is 0 Å². The van der Waals surface area contributed by atoms with Crippen molar-refractivity contribution in [1.29, 1.82) is 0 Å². The Balaban J connectivity index is -0.000000529. The van der Waals surface area contributed by atoms with Crippen LogP contribution in [-0.2, 0) is 14.4 Å². The Morgan fingerprint density at radius 1 is 1.00 bits per heavy atom. The second-order valence-corrected chi connectivity index (χ2v) is 2.48. The summed E-state index contributed by atoms with van der Waals surface area (Å²) in [4.78, 5) is 30.5. The Bertz CT molecular complexity index is 243. The van der Waals surface area contributed by atoms with Gasteiger partial charge in [0, 0.05) is 0 Å². The molecular weight excluding hydrogens is 267 g/mol. The summed E-state index contributed by atoms with van der Waals surface area (Å²) >= 11 is 1.33. The van der Waals surface area contributed by atoms with Crippen LogP contribution < -0.4 is 0 Å². The maximum absolute atomic E-state index is 10.3. The molecule has 0 aliphatic heterocycles. The van der Waals surface area contributed by atoms with Crippen molar-refractivity contribution in [1.82, 2.24) is 0 Å². The van der Waals surface area contributed by atoms with Crippen molar-refractivity contribution in [2.45, 2.75) is 18.4 Å². The van der Waals surface area contributed by atoms with E-state index < -0.39 is 36.4 Å². The van der Waals surface area contributed by atoms with Gasteiger partial charge in [-0.25, -0.2) is 4.79 Å². The van der Waals surface area contributed by atoms with Crippen LogP contribution in [0.3, 0.4) is 0 Å². The Kier molecular flexibility index (Phi) is 14.3. The van der Waals surface area contributed by atoms with Crippen molar-refractivity contribution in [3.63, 3.8) is 0 Å². The van der Waals surface area contributed by atoms with Gasteiger partial charge in [0.2, 0.25) is 0 Å². The summed E-state index contributed by atoms with van der Waals surface area (Å²) in [5, 5.41) is 33.8. The molecule has 16 heavy (non-hydrogen) atoms. The summed E-state index contributed by atoms with van der Waals surface area (Å²) in [6, 6.07) is 0. The van der Waals surface area contributed by atoms with Gasteiger partial charge in [0.05, 0.1) is 12.8 Å². The fourth-order valence-corrected chi connectivity index (χ4v) is 0.714. The number of carboxylic acid groups (broad SMARTS) is 3. The Morgan fingerprint density at radius 2 is 1.25 bits per heavy atom. The van der Waals surface area contributed by atoms with E-state index in [0.29, 0.717) is 0 Å². The minimum atomic E-state index is -2.74. The monoisotopic (exact) mass is 275 g/mol. The van der Waals surface area contributed by atoms with Crippen molar-refractivity contribution in [3.8, 4) is 0 Å². The molecule has 0 aliphatic carbocycles. The van der Waals surface area contributed by atoms with Crippen LogP contribution >= 0.6 is 9.07 Å². The predicted octanol–water partition coefficient (Wildman–Crippen LogP) is -1.59. The Hall–Kier alpha value is 0.426. The normalized spacial score (nSPS) is 9.19. The molecule has 0 unspecified atom stereocenters. The molecule has 4 N–H and O–H groups in total. The van der Waals surface area contributed by atoms with Crippen LogP contribution in [0.15, 0.2) is 0 Å². The average Bonchev–Trinajstić information content (AvgIpc) is 2.04. The van der Waals surface area contributed by atoms with Gasteiger partial charge in [0.25, 0.3) is 0 Å². The summed E-state index contributed by atoms with van der Waals surface area (Å²) in [6.07, 6.45) is -2.29. The van der Waals surface area contributed by atoms with Gasteiger partial charge in [-0.3, -0.25) is 9.59 Å². The van der Waals surface area contributed by atoms with Crippen LogP contribution in [-0.4, -0.2) is 94.1 Å². The van der Waals surface area contributed by atoms with Gasteiger partial charge in [-0.15, -0.1) is 0 Å². The molecule has 0 aromatic heterocycles. The summed E-state index contributed by atoms with van der Waals surface area (Å²) < 4.78 is 0. The standard InChI is InChI=1S/C6H8O7.ClH.Mg.Na.H/c7-3(8)1-6(13,5(11)12)2-4(9)10;;;;/h13H,1-2H2,(H,7,8)(H,9,10)(H,11,12);1H;;;/q;;+3;;/p-1. The van der Waals surface area contributed by atoms with Crippen molar-refractivity contribution in [2.24, 2.45) is 0 Å². The fourth-order valence-electron chi connectivity index (χ4n) is 0.714. The molecule has 0 bridgehead atoms. The molecular formula is C6H9ClMgNaO7+2. The van der Waals surface area contributed by atoms with Crippen molar-refractivity contribution >= 4 is 77.1 Å². The molecule has 0 fully saturated rings. The van der Waals surface area contributed by atoms with Crippen molar-refractivity contribution in [3.05, 3.63) is 0 Å². The Morgan fingerprint density at radius 3 is 1.38 bits per heavy atom. The van der Waals surface area contributed by atoms with E-state index in [1.807, 2.05) is 0 Å². The van der Waals surface area contributed by atoms with E-state index in [9.17, 15) is 14.4 Å². The van der Waals surface area contributed by atoms with Gasteiger partial charge in [-0.05, 0) is 0 Å². The molecule has 0 aromatic rings. The summed E-state index contributed by atoms with van der Waals surface area (Å²) in [5.41, 5.74) is -2.74. The fraction of sp³-hybridized carbons (Fsp3) is 0.500. The zero-order valence-corrected chi connectivity index (χ0v) is 9.68. The first-order valence-corrected chi connectivity index (χ1v) is 5.58. The van der Waals surface area contributed by atoms with E-state index >= 15 is 0 Å². The van der Waals surface area contributed by atoms with E-state index in [1.165, 1.54) is 20.6 Å². The first-order valence-electron chi connectivity index (χ1n) is 3.44. The quantitative estimate of drug-likeness (QED) is 0.445. The van der Waals surface area contributed by atoms with E-state index in [2.05, 4.69) is 9.07 Å². The predicted molar refractivity (Wildman–Crippen MR) is 55.8 cm³/mol. The average molecular weight is 276 g/mol. The zero-order valence-electron chi connectivity index (χ0n) is 7.51. The third kappa shape index (κ3) is 9.64. The molecule has 0 aromatic carbocycles. The number of halogens is 1. The third-order valence-electron chi connectivity index (χ3n) is 1.29. The van der Waals surface area contributed by atoms with Crippen LogP contribution in [0.25, 0.3) is 0 Å². The number of hydrogen-bond donors (Lipinski definition) is 4. The SMILES string of the molecule is O=C(O)CC(O)(CC(=O)O)C(=O)O.[Mg+2][Cl].[NaH]. The van der Waals surface area contributed by atoms with E-state index in [1.54, 1.807) is 0 Å². The molecule has 0 heterocycles. The topological polar surface area (TPSA) is 132 Å². The summed E-state index contributed by atoms with van der Waals surface area (Å²) in [5.74, 6) is -5.02. The molecule has 0 rings (SSSR count). The van der Waals surface area contributed by atoms with Crippen LogP contribution in [0, 0.1) is 0 Å². The third-order valence-corrected chi connectivity index (χ3v) is 1.29. The number of carboxylic acids is 3. The minimum absolute atomic E-state index is 0. The maximum atomic E-state index is 10.3. The van der Waals surface area contributed by atoms with Crippen molar-refractivity contribution in [2.75, 3.05) is 0 Å². The molecule has 0 amide bonds. The molecule has 0 saturated heterocycles. The van der Waals surface area contributed by atoms with Crippen molar-refractivity contribution < 1.29 is 34.8 Å². The van der Waals surface area contributed by atoms with Crippen LogP contribution in [0.5, 0.6) is 0 Å². The number of rotatable bonds is 5. The van der Waals surface area contributed by atoms with Gasteiger partial charge < -0.3 is 20.4 Å². The van der Waals surface area contributed by atoms with E-state index in [4.69, 9.17) is 20.4 Å². The molecule has 0 spiro atoms. The molecule has 0 atom stereocenters. The summed E-state index contributed by atoms with van der Waals surface area (Å²) in [6.45, 7) is 0. The van der Waals surface area contributed by atoms with E-state index in [0.717, 1.165) is 0 Å². The van der Waals surface area contributed by atoms with Crippen LogP contribution in [0.1, 0.15) is 12.8 Å². The first kappa shape index (κ1) is 21.7. The number of aliphatic carboxylic acids is 3. The van der Waals surface area contributed by atoms with Gasteiger partial charge in [-0.2, -0.15) is 0 Å². The molecule has 7 radical (unpaired) electrons. The molecule has 10 heteroatoms. The van der Waals surface area contributed by atoms with Gasteiger partial charge in [0.1, 0.15) is 0 Å². The molecule has 0 aliphatic rings. The number of hydrogen-bond acceptors (Lipinski definition) is 4. The second-order valence-electron chi connectivity index (χ2n) is 2.48. The Labute approximate surface area is 129 Å². The van der Waals surface area contributed by atoms with Crippen LogP contribution in [0.4, 0.5) is 0 Å². The van der Waals surface area contributed by atoms with E-state index in [-0.39, 0.29) is 29.6 Å². The zero-order chi connectivity index (χ0) is 12.6. The first-order chi connectivity index (χ1) is 6.78. The molecule has 0 saturated carbocycles. The molecule has 83 valence electrons. The summed E-state index contributed by atoms with van der Waals surface area (Å²) in [7, 11) is 4.67.